The van der Waals surface area contributed by atoms with E-state index in [4.69, 9.17) is 0 Å². The number of methoxy groups -OCH3 is 1. The van der Waals surface area contributed by atoms with Gasteiger partial charge in [0, 0.05) is 18.3 Å². The molecular weight excluding hydrogens is 272 g/mol. The quantitative estimate of drug-likeness (QED) is 0.843. The lowest BCUT2D eigenvalue weighted by Crippen LogP contribution is -2.39. The minimum Gasteiger partial charge on any atom is -0.465 e. The molecule has 0 bridgehead atoms. The Hall–Kier alpha value is -2.11. The van der Waals surface area contributed by atoms with E-state index in [9.17, 15) is 14.4 Å². The van der Waals surface area contributed by atoms with Gasteiger partial charge in [-0.1, -0.05) is 19.3 Å². The Morgan fingerprint density at radius 1 is 1.29 bits per heavy atom. The zero-order chi connectivity index (χ0) is 15.2. The van der Waals surface area contributed by atoms with Gasteiger partial charge in [0.25, 0.3) is 5.56 Å². The lowest BCUT2D eigenvalue weighted by molar-refractivity contribution is -0.122. The Morgan fingerprint density at radius 3 is 2.67 bits per heavy atom. The fourth-order valence-electron chi connectivity index (χ4n) is 2.57. The highest BCUT2D eigenvalue weighted by atomic mass is 16.5. The first-order valence-corrected chi connectivity index (χ1v) is 7.18. The molecular formula is C15H20N2O4. The van der Waals surface area contributed by atoms with Crippen molar-refractivity contribution in [2.45, 2.75) is 44.7 Å². The Labute approximate surface area is 123 Å². The normalized spacial score (nSPS) is 15.5. The van der Waals surface area contributed by atoms with Gasteiger partial charge < -0.3 is 14.6 Å². The number of ether oxygens (including phenoxy) is 1. The summed E-state index contributed by atoms with van der Waals surface area (Å²) in [5.41, 5.74) is -0.0657. The molecule has 0 atom stereocenters. The van der Waals surface area contributed by atoms with Crippen LogP contribution in [-0.2, 0) is 16.1 Å². The number of carbonyl (C=O) groups is 2. The molecule has 0 aromatic carbocycles. The zero-order valence-electron chi connectivity index (χ0n) is 12.1. The molecule has 1 N–H and O–H groups in total. The fraction of sp³-hybridized carbons (Fsp3) is 0.533. The van der Waals surface area contributed by atoms with E-state index in [2.05, 4.69) is 10.1 Å². The van der Waals surface area contributed by atoms with E-state index in [0.29, 0.717) is 0 Å². The van der Waals surface area contributed by atoms with Crippen LogP contribution in [0, 0.1) is 0 Å². The van der Waals surface area contributed by atoms with Gasteiger partial charge in [-0.2, -0.15) is 0 Å². The number of hydrogen-bond donors (Lipinski definition) is 1. The standard InChI is InChI=1S/C15H20N2O4/c1-21-15(20)11-7-8-14(19)17(9-11)10-13(18)16-12-5-3-2-4-6-12/h7-9,12H,2-6,10H2,1H3,(H,16,18). The lowest BCUT2D eigenvalue weighted by Gasteiger charge is -2.22. The van der Waals surface area contributed by atoms with Gasteiger partial charge in [-0.25, -0.2) is 4.79 Å². The maximum atomic E-state index is 12.0. The molecule has 1 fully saturated rings. The van der Waals surface area contributed by atoms with Crippen molar-refractivity contribution in [1.82, 2.24) is 9.88 Å². The predicted molar refractivity (Wildman–Crippen MR) is 77.1 cm³/mol. The number of pyridine rings is 1. The van der Waals surface area contributed by atoms with Gasteiger partial charge in [-0.05, 0) is 18.9 Å². The van der Waals surface area contributed by atoms with Crippen molar-refractivity contribution in [2.75, 3.05) is 7.11 Å². The first-order chi connectivity index (χ1) is 10.1. The summed E-state index contributed by atoms with van der Waals surface area (Å²) >= 11 is 0. The number of esters is 1. The second-order valence-electron chi connectivity index (χ2n) is 5.28. The van der Waals surface area contributed by atoms with E-state index < -0.39 is 5.97 Å². The average molecular weight is 292 g/mol. The molecule has 1 aromatic heterocycles. The topological polar surface area (TPSA) is 77.4 Å². The summed E-state index contributed by atoms with van der Waals surface area (Å²) in [6.07, 6.45) is 6.80. The van der Waals surface area contributed by atoms with Crippen LogP contribution in [0.5, 0.6) is 0 Å². The van der Waals surface area contributed by atoms with Crippen molar-refractivity contribution in [1.29, 1.82) is 0 Å². The van der Waals surface area contributed by atoms with Gasteiger partial charge in [-0.15, -0.1) is 0 Å². The summed E-state index contributed by atoms with van der Waals surface area (Å²) in [7, 11) is 1.27. The maximum absolute atomic E-state index is 12.0. The van der Waals surface area contributed by atoms with Crippen LogP contribution in [0.1, 0.15) is 42.5 Å². The molecule has 1 heterocycles. The summed E-state index contributed by atoms with van der Waals surface area (Å²) < 4.78 is 5.83. The Bertz CT molecular complexity index is 573. The summed E-state index contributed by atoms with van der Waals surface area (Å²) in [5, 5.41) is 2.94. The highest BCUT2D eigenvalue weighted by Gasteiger charge is 2.16. The molecule has 0 unspecified atom stereocenters. The van der Waals surface area contributed by atoms with Crippen molar-refractivity contribution in [3.63, 3.8) is 0 Å². The number of aromatic nitrogens is 1. The van der Waals surface area contributed by atoms with Gasteiger partial charge in [-0.3, -0.25) is 9.59 Å². The van der Waals surface area contributed by atoms with E-state index >= 15 is 0 Å². The number of nitrogens with zero attached hydrogens (tertiary/aromatic N) is 1. The number of nitrogens with one attached hydrogen (secondary N) is 1. The molecule has 6 heteroatoms. The Morgan fingerprint density at radius 2 is 2.00 bits per heavy atom. The van der Waals surface area contributed by atoms with Crippen molar-refractivity contribution in [3.8, 4) is 0 Å². The minimum atomic E-state index is -0.531. The second-order valence-corrected chi connectivity index (χ2v) is 5.28. The average Bonchev–Trinajstić information content (AvgIpc) is 2.49. The summed E-state index contributed by atoms with van der Waals surface area (Å²) in [6, 6.07) is 2.86. The van der Waals surface area contributed by atoms with Crippen LogP contribution in [0.25, 0.3) is 0 Å². The number of carbonyl (C=O) groups excluding carboxylic acids is 2. The third-order valence-electron chi connectivity index (χ3n) is 3.69. The summed E-state index contributed by atoms with van der Waals surface area (Å²) in [6.45, 7) is -0.0832. The molecule has 1 aromatic rings. The fourth-order valence-corrected chi connectivity index (χ4v) is 2.57. The van der Waals surface area contributed by atoms with Gasteiger partial charge in [0.1, 0.15) is 6.54 Å². The molecule has 2 rings (SSSR count). The minimum absolute atomic E-state index is 0.0832. The van der Waals surface area contributed by atoms with Crippen molar-refractivity contribution >= 4 is 11.9 Å². The molecule has 0 saturated heterocycles. The molecule has 1 amide bonds. The highest BCUT2D eigenvalue weighted by molar-refractivity contribution is 5.89. The molecule has 21 heavy (non-hydrogen) atoms. The number of rotatable bonds is 4. The van der Waals surface area contributed by atoms with E-state index in [-0.39, 0.29) is 29.6 Å². The molecule has 1 aliphatic rings. The van der Waals surface area contributed by atoms with Crippen LogP contribution in [-0.4, -0.2) is 29.6 Å². The van der Waals surface area contributed by atoms with Crippen LogP contribution in [0.15, 0.2) is 23.1 Å². The lowest BCUT2D eigenvalue weighted by atomic mass is 9.95. The third-order valence-corrected chi connectivity index (χ3v) is 3.69. The van der Waals surface area contributed by atoms with Crippen molar-refractivity contribution in [3.05, 3.63) is 34.2 Å². The highest BCUT2D eigenvalue weighted by Crippen LogP contribution is 2.17. The molecule has 0 aliphatic heterocycles. The van der Waals surface area contributed by atoms with E-state index in [1.54, 1.807) is 0 Å². The van der Waals surface area contributed by atoms with Gasteiger partial charge in [0.15, 0.2) is 0 Å². The first-order valence-electron chi connectivity index (χ1n) is 7.18. The maximum Gasteiger partial charge on any atom is 0.339 e. The van der Waals surface area contributed by atoms with Gasteiger partial charge >= 0.3 is 5.97 Å². The molecule has 114 valence electrons. The molecule has 0 spiro atoms. The predicted octanol–water partition coefficient (Wildman–Crippen LogP) is 1.08. The van der Waals surface area contributed by atoms with Crippen molar-refractivity contribution in [2.24, 2.45) is 0 Å². The summed E-state index contributed by atoms with van der Waals surface area (Å²) in [4.78, 5) is 35.2. The van der Waals surface area contributed by atoms with E-state index in [1.165, 1.54) is 36.4 Å². The van der Waals surface area contributed by atoms with Crippen molar-refractivity contribution < 1.29 is 14.3 Å². The number of hydrogen-bond acceptors (Lipinski definition) is 4. The Balaban J connectivity index is 2.02. The Kier molecular flexibility index (Phi) is 5.14. The first kappa shape index (κ1) is 15.3. The molecule has 6 nitrogen and oxygen atoms in total. The van der Waals surface area contributed by atoms with E-state index in [1.807, 2.05) is 0 Å². The van der Waals surface area contributed by atoms with Crippen LogP contribution >= 0.6 is 0 Å². The molecule has 1 aliphatic carbocycles. The molecule has 0 radical (unpaired) electrons. The number of amides is 1. The van der Waals surface area contributed by atoms with E-state index in [0.717, 1.165) is 25.7 Å². The van der Waals surface area contributed by atoms with Crippen LogP contribution in [0.4, 0.5) is 0 Å². The van der Waals surface area contributed by atoms with Crippen LogP contribution in [0.3, 0.4) is 0 Å². The summed E-state index contributed by atoms with van der Waals surface area (Å²) in [5.74, 6) is -0.734. The monoisotopic (exact) mass is 292 g/mol. The SMILES string of the molecule is COC(=O)c1ccc(=O)n(CC(=O)NC2CCCCC2)c1. The molecule has 1 saturated carbocycles. The van der Waals surface area contributed by atoms with Gasteiger partial charge in [0.2, 0.25) is 5.91 Å². The second kappa shape index (κ2) is 7.06. The smallest absolute Gasteiger partial charge is 0.339 e. The largest absolute Gasteiger partial charge is 0.465 e. The third kappa shape index (κ3) is 4.18. The van der Waals surface area contributed by atoms with Crippen LogP contribution < -0.4 is 10.9 Å². The zero-order valence-corrected chi connectivity index (χ0v) is 12.1. The van der Waals surface area contributed by atoms with Gasteiger partial charge in [0.05, 0.1) is 12.7 Å². The van der Waals surface area contributed by atoms with Crippen LogP contribution in [0.2, 0.25) is 0 Å².